The largest absolute Gasteiger partial charge is 0.502 e. The summed E-state index contributed by atoms with van der Waals surface area (Å²) < 4.78 is 5.29. The third kappa shape index (κ3) is 5.88. The number of nitrogens with zero attached hydrogens (tertiary/aromatic N) is 1. The first kappa shape index (κ1) is 12.6. The molecule has 0 amide bonds. The van der Waals surface area contributed by atoms with E-state index in [1.54, 1.807) is 0 Å². The Balaban J connectivity index is 2.22. The van der Waals surface area contributed by atoms with Crippen molar-refractivity contribution < 1.29 is 4.74 Å². The van der Waals surface area contributed by atoms with Crippen LogP contribution in [0, 0.1) is 5.92 Å². The summed E-state index contributed by atoms with van der Waals surface area (Å²) in [7, 11) is 1.18. The van der Waals surface area contributed by atoms with Crippen LogP contribution in [0.3, 0.4) is 0 Å². The fraction of sp³-hybridized carbons (Fsp3) is 0.833. The molecule has 2 nitrogen and oxygen atoms in total. The third-order valence-electron chi connectivity index (χ3n) is 2.91. The van der Waals surface area contributed by atoms with Crippen molar-refractivity contribution in [2.24, 2.45) is 5.92 Å². The molecule has 1 atom stereocenters. The van der Waals surface area contributed by atoms with Gasteiger partial charge in [0.2, 0.25) is 7.41 Å². The molecule has 0 aromatic rings. The molecule has 0 aromatic heterocycles. The maximum absolute atomic E-state index is 5.29. The maximum Gasteiger partial charge on any atom is 0.207 e. The van der Waals surface area contributed by atoms with Gasteiger partial charge < -0.3 is 9.55 Å². The van der Waals surface area contributed by atoms with Crippen molar-refractivity contribution in [2.45, 2.75) is 39.4 Å². The Hall–Kier alpha value is -0.435. The van der Waals surface area contributed by atoms with Crippen LogP contribution in [0.1, 0.15) is 33.1 Å². The van der Waals surface area contributed by atoms with Crippen LogP contribution < -0.4 is 0 Å². The molecular weight excluding hydrogens is 185 g/mol. The van der Waals surface area contributed by atoms with Crippen LogP contribution in [0.2, 0.25) is 6.32 Å². The van der Waals surface area contributed by atoms with E-state index in [0.717, 1.165) is 25.4 Å². The summed E-state index contributed by atoms with van der Waals surface area (Å²) in [4.78, 5) is 2.54. The Morgan fingerprint density at radius 2 is 2.40 bits per heavy atom. The smallest absolute Gasteiger partial charge is 0.207 e. The minimum atomic E-state index is 0.832. The summed E-state index contributed by atoms with van der Waals surface area (Å²) in [5, 5.41) is 0. The van der Waals surface area contributed by atoms with Crippen molar-refractivity contribution in [3.8, 4) is 0 Å². The van der Waals surface area contributed by atoms with Gasteiger partial charge in [0.25, 0.3) is 0 Å². The molecule has 0 radical (unpaired) electrons. The van der Waals surface area contributed by atoms with Crippen molar-refractivity contribution in [1.82, 2.24) is 4.81 Å². The molecule has 0 aliphatic carbocycles. The molecule has 0 unspecified atom stereocenters. The van der Waals surface area contributed by atoms with Gasteiger partial charge in [-0.25, -0.2) is 0 Å². The fourth-order valence-electron chi connectivity index (χ4n) is 2.04. The highest BCUT2D eigenvalue weighted by atomic mass is 16.5. The van der Waals surface area contributed by atoms with E-state index in [2.05, 4.69) is 24.7 Å². The van der Waals surface area contributed by atoms with Gasteiger partial charge in [-0.15, -0.1) is 0 Å². The molecule has 1 aliphatic heterocycles. The second-order valence-electron chi connectivity index (χ2n) is 4.60. The van der Waals surface area contributed by atoms with Gasteiger partial charge in [-0.2, -0.15) is 0 Å². The molecule has 86 valence electrons. The first-order valence-electron chi connectivity index (χ1n) is 6.32. The summed E-state index contributed by atoms with van der Waals surface area (Å²) in [6.45, 7) is 7.80. The minimum absolute atomic E-state index is 0.832. The second-order valence-corrected chi connectivity index (χ2v) is 4.60. The minimum Gasteiger partial charge on any atom is -0.502 e. The standard InChI is InChI=1S/C12H24BNO/c1-3-4-6-12(2)11-14-8-5-9-15-10-7-13-14/h5,9,12-13H,3-4,6-8,10-11H2,1-2H3/b9-5-/t12-/m1/s1. The molecule has 3 heteroatoms. The van der Waals surface area contributed by atoms with Crippen LogP contribution in [0.15, 0.2) is 12.3 Å². The van der Waals surface area contributed by atoms with Crippen molar-refractivity contribution >= 4 is 7.41 Å². The lowest BCUT2D eigenvalue weighted by Gasteiger charge is -2.25. The van der Waals surface area contributed by atoms with E-state index in [-0.39, 0.29) is 0 Å². The van der Waals surface area contributed by atoms with Crippen molar-refractivity contribution in [3.05, 3.63) is 12.3 Å². The zero-order valence-corrected chi connectivity index (χ0v) is 10.2. The average Bonchev–Trinajstić information content (AvgIpc) is 2.19. The molecule has 0 fully saturated rings. The van der Waals surface area contributed by atoms with Crippen molar-refractivity contribution in [1.29, 1.82) is 0 Å². The Labute approximate surface area is 94.9 Å². The van der Waals surface area contributed by atoms with Crippen molar-refractivity contribution in [3.63, 3.8) is 0 Å². The van der Waals surface area contributed by atoms with E-state index in [9.17, 15) is 0 Å². The maximum atomic E-state index is 5.29. The van der Waals surface area contributed by atoms with Crippen LogP contribution in [0.4, 0.5) is 0 Å². The normalized spacial score (nSPS) is 22.0. The van der Waals surface area contributed by atoms with Crippen LogP contribution in [-0.4, -0.2) is 31.9 Å². The Kier molecular flexibility index (Phi) is 6.57. The van der Waals surface area contributed by atoms with Gasteiger partial charge in [0.15, 0.2) is 0 Å². The topological polar surface area (TPSA) is 12.5 Å². The van der Waals surface area contributed by atoms with Crippen LogP contribution in [0.5, 0.6) is 0 Å². The first-order valence-corrected chi connectivity index (χ1v) is 6.32. The van der Waals surface area contributed by atoms with E-state index >= 15 is 0 Å². The quantitative estimate of drug-likeness (QED) is 0.645. The average molecular weight is 209 g/mol. The lowest BCUT2D eigenvalue weighted by atomic mass is 9.84. The Bertz CT molecular complexity index is 184. The second kappa shape index (κ2) is 7.80. The SMILES string of the molecule is CCCC[C@@H](C)CN1BCCO/C=C\C1. The highest BCUT2D eigenvalue weighted by Crippen LogP contribution is 2.10. The predicted octanol–water partition coefficient (Wildman–Crippen LogP) is 2.43. The lowest BCUT2D eigenvalue weighted by molar-refractivity contribution is 0.257. The molecule has 0 N–H and O–H groups in total. The summed E-state index contributed by atoms with van der Waals surface area (Å²) in [5.41, 5.74) is 0. The fourth-order valence-corrected chi connectivity index (χ4v) is 2.04. The number of ether oxygens (including phenoxy) is 1. The van der Waals surface area contributed by atoms with Crippen LogP contribution in [-0.2, 0) is 4.74 Å². The molecule has 15 heavy (non-hydrogen) atoms. The summed E-state index contributed by atoms with van der Waals surface area (Å²) in [5.74, 6) is 0.832. The van der Waals surface area contributed by atoms with Gasteiger partial charge in [-0.1, -0.05) is 26.7 Å². The van der Waals surface area contributed by atoms with Gasteiger partial charge in [0.05, 0.1) is 12.9 Å². The predicted molar refractivity (Wildman–Crippen MR) is 67.3 cm³/mol. The summed E-state index contributed by atoms with van der Waals surface area (Å²) >= 11 is 0. The number of hydrogen-bond donors (Lipinski definition) is 0. The molecule has 0 spiro atoms. The molecule has 0 aromatic carbocycles. The van der Waals surface area contributed by atoms with Gasteiger partial charge in [0, 0.05) is 6.54 Å². The highest BCUT2D eigenvalue weighted by molar-refractivity contribution is 6.32. The summed E-state index contributed by atoms with van der Waals surface area (Å²) in [6.07, 6.45) is 9.19. The number of unbranched alkanes of at least 4 members (excludes halogenated alkanes) is 1. The highest BCUT2D eigenvalue weighted by Gasteiger charge is 2.10. The summed E-state index contributed by atoms with van der Waals surface area (Å²) in [6, 6.07) is 0. The van der Waals surface area contributed by atoms with E-state index in [1.807, 2.05) is 6.26 Å². The first-order chi connectivity index (χ1) is 7.33. The van der Waals surface area contributed by atoms with Gasteiger partial charge in [-0.05, 0) is 31.3 Å². The molecule has 1 rings (SSSR count). The van der Waals surface area contributed by atoms with Gasteiger partial charge in [-0.3, -0.25) is 0 Å². The van der Waals surface area contributed by atoms with Crippen molar-refractivity contribution in [2.75, 3.05) is 19.7 Å². The molecule has 0 saturated carbocycles. The van der Waals surface area contributed by atoms with Gasteiger partial charge >= 0.3 is 0 Å². The van der Waals surface area contributed by atoms with E-state index in [0.29, 0.717) is 0 Å². The molecule has 0 bridgehead atoms. The number of hydrogen-bond acceptors (Lipinski definition) is 2. The molecule has 1 heterocycles. The van der Waals surface area contributed by atoms with Crippen LogP contribution >= 0.6 is 0 Å². The van der Waals surface area contributed by atoms with Crippen LogP contribution in [0.25, 0.3) is 0 Å². The third-order valence-corrected chi connectivity index (χ3v) is 2.91. The number of rotatable bonds is 5. The molecule has 0 saturated heterocycles. The van der Waals surface area contributed by atoms with Gasteiger partial charge in [0.1, 0.15) is 0 Å². The Morgan fingerprint density at radius 3 is 3.20 bits per heavy atom. The lowest BCUT2D eigenvalue weighted by Crippen LogP contribution is -2.33. The zero-order valence-electron chi connectivity index (χ0n) is 10.2. The molecule has 1 aliphatic rings. The van der Waals surface area contributed by atoms with E-state index in [1.165, 1.54) is 33.2 Å². The van der Waals surface area contributed by atoms with E-state index < -0.39 is 0 Å². The monoisotopic (exact) mass is 209 g/mol. The molecular formula is C12H24BNO. The Morgan fingerprint density at radius 1 is 1.53 bits per heavy atom. The zero-order chi connectivity index (χ0) is 10.9. The van der Waals surface area contributed by atoms with E-state index in [4.69, 9.17) is 4.74 Å².